The fourth-order valence-corrected chi connectivity index (χ4v) is 8.13. The zero-order chi connectivity index (χ0) is 39.8. The summed E-state index contributed by atoms with van der Waals surface area (Å²) in [5, 5.41) is 2.01. The molecule has 8 rings (SSSR count). The normalized spacial score (nSPS) is 11.4. The molecule has 0 atom stereocenters. The Kier molecular flexibility index (Phi) is 10.3. The molecule has 0 saturated carbocycles. The molecule has 0 fully saturated rings. The van der Waals surface area contributed by atoms with Crippen LogP contribution in [0.4, 0.5) is 8.78 Å². The van der Waals surface area contributed by atoms with Crippen molar-refractivity contribution in [3.05, 3.63) is 189 Å². The van der Waals surface area contributed by atoms with Crippen LogP contribution in [-0.4, -0.2) is 21.1 Å². The van der Waals surface area contributed by atoms with Gasteiger partial charge in [0.2, 0.25) is 0 Å². The Hall–Kier alpha value is -6.31. The van der Waals surface area contributed by atoms with E-state index >= 15 is 0 Å². The van der Waals surface area contributed by atoms with Gasteiger partial charge in [-0.1, -0.05) is 102 Å². The first-order chi connectivity index (χ1) is 27.5. The van der Waals surface area contributed by atoms with Gasteiger partial charge >= 0.3 is 11.9 Å². The number of ether oxygens (including phenoxy) is 1. The van der Waals surface area contributed by atoms with Gasteiger partial charge in [0.15, 0.2) is 0 Å². The van der Waals surface area contributed by atoms with Crippen molar-refractivity contribution < 1.29 is 23.1 Å². The van der Waals surface area contributed by atoms with Gasteiger partial charge in [0.1, 0.15) is 24.7 Å². The molecule has 2 aromatic heterocycles. The first-order valence-corrected chi connectivity index (χ1v) is 19.2. The molecule has 0 amide bonds. The molecule has 0 aliphatic carbocycles. The lowest BCUT2D eigenvalue weighted by atomic mass is 9.93. The number of carbonyl (C=O) groups excluding carboxylic acids is 2. The highest BCUT2D eigenvalue weighted by molar-refractivity contribution is 6.30. The van der Waals surface area contributed by atoms with E-state index in [2.05, 4.69) is 43.3 Å². The third-order valence-electron chi connectivity index (χ3n) is 10.9. The largest absolute Gasteiger partial charge is 0.390 e. The highest BCUT2D eigenvalue weighted by Crippen LogP contribution is 2.35. The summed E-state index contributed by atoms with van der Waals surface area (Å²) in [6.07, 6.45) is 0.980. The molecule has 57 heavy (non-hydrogen) atoms. The quantitative estimate of drug-likeness (QED) is 0.103. The second-order valence-electron chi connectivity index (χ2n) is 14.5. The molecule has 0 N–H and O–H groups in total. The molecule has 0 unspecified atom stereocenters. The van der Waals surface area contributed by atoms with Gasteiger partial charge in [-0.25, -0.2) is 18.4 Å². The van der Waals surface area contributed by atoms with E-state index in [1.54, 1.807) is 21.3 Å². The number of aromatic nitrogens is 2. The molecule has 2 heterocycles. The maximum Gasteiger partial charge on any atom is 0.333 e. The standard InChI is InChI=1S/C49H39ClF2N2O3/c1-30-12-14-33(15-13-30)40-10-6-4-8-35(40)24-42-31(2)53(46-22-20-38(51)26-44(42)46)28-48(55)57-49(56)29-54-32(3)43(45-27-39(52)21-23-47(45)54)25-36-9-5-7-11-41(36)34-16-18-37(50)19-17-34/h4-23,26-27H,24-25,28-29H2,1-3H3. The Morgan fingerprint density at radius 2 is 0.982 bits per heavy atom. The summed E-state index contributed by atoms with van der Waals surface area (Å²) in [5.74, 6) is -2.26. The summed E-state index contributed by atoms with van der Waals surface area (Å²) in [6, 6.07) is 41.1. The lowest BCUT2D eigenvalue weighted by Gasteiger charge is -2.12. The molecule has 284 valence electrons. The van der Waals surface area contributed by atoms with Crippen LogP contribution >= 0.6 is 11.6 Å². The van der Waals surface area contributed by atoms with E-state index in [-0.39, 0.29) is 18.9 Å². The highest BCUT2D eigenvalue weighted by atomic mass is 35.5. The van der Waals surface area contributed by atoms with Crippen LogP contribution in [0.2, 0.25) is 5.02 Å². The molecular formula is C49H39ClF2N2O3. The van der Waals surface area contributed by atoms with Gasteiger partial charge in [0.05, 0.1) is 0 Å². The molecule has 0 radical (unpaired) electrons. The van der Waals surface area contributed by atoms with Gasteiger partial charge in [-0.3, -0.25) is 0 Å². The fourth-order valence-electron chi connectivity index (χ4n) is 8.01. The summed E-state index contributed by atoms with van der Waals surface area (Å²) in [4.78, 5) is 27.1. The lowest BCUT2D eigenvalue weighted by Crippen LogP contribution is -2.22. The minimum absolute atomic E-state index is 0.247. The van der Waals surface area contributed by atoms with Crippen LogP contribution in [0.5, 0.6) is 0 Å². The average Bonchev–Trinajstić information content (AvgIpc) is 3.59. The van der Waals surface area contributed by atoms with E-state index in [4.69, 9.17) is 16.3 Å². The van der Waals surface area contributed by atoms with Crippen LogP contribution in [0.3, 0.4) is 0 Å². The predicted octanol–water partition coefficient (Wildman–Crippen LogP) is 11.7. The number of fused-ring (bicyclic) bond motifs is 2. The Labute approximate surface area is 334 Å². The first kappa shape index (κ1) is 37.6. The Balaban J connectivity index is 1.05. The van der Waals surface area contributed by atoms with Gasteiger partial charge in [0, 0.05) is 51.1 Å². The number of benzene rings is 6. The molecule has 6 aromatic carbocycles. The second-order valence-corrected chi connectivity index (χ2v) is 14.9. The number of hydrogen-bond acceptors (Lipinski definition) is 3. The van der Waals surface area contributed by atoms with E-state index in [9.17, 15) is 18.4 Å². The molecule has 0 aliphatic rings. The van der Waals surface area contributed by atoms with Crippen LogP contribution < -0.4 is 0 Å². The van der Waals surface area contributed by atoms with Crippen LogP contribution in [-0.2, 0) is 40.3 Å². The van der Waals surface area contributed by atoms with E-state index in [1.807, 2.05) is 74.5 Å². The van der Waals surface area contributed by atoms with Crippen molar-refractivity contribution in [1.82, 2.24) is 9.13 Å². The van der Waals surface area contributed by atoms with Gasteiger partial charge in [-0.2, -0.15) is 0 Å². The van der Waals surface area contributed by atoms with E-state index in [1.165, 1.54) is 29.8 Å². The first-order valence-electron chi connectivity index (χ1n) is 18.8. The monoisotopic (exact) mass is 776 g/mol. The van der Waals surface area contributed by atoms with Crippen LogP contribution in [0.1, 0.15) is 39.2 Å². The number of carbonyl (C=O) groups is 2. The molecule has 0 saturated heterocycles. The Morgan fingerprint density at radius 3 is 1.44 bits per heavy atom. The van der Waals surface area contributed by atoms with Crippen molar-refractivity contribution in [2.75, 3.05) is 0 Å². The van der Waals surface area contributed by atoms with Crippen LogP contribution in [0, 0.1) is 32.4 Å². The SMILES string of the molecule is Cc1ccc(-c2ccccc2Cc2c(C)n(CC(=O)OC(=O)Cn3c(C)c(Cc4ccccc4-c4ccc(Cl)cc4)c4cc(F)ccc43)c3ccc(F)cc23)cc1. The summed E-state index contributed by atoms with van der Waals surface area (Å²) >= 11 is 6.16. The number of hydrogen-bond donors (Lipinski definition) is 0. The highest BCUT2D eigenvalue weighted by Gasteiger charge is 2.23. The number of esters is 2. The summed E-state index contributed by atoms with van der Waals surface area (Å²) in [6.45, 7) is 5.34. The van der Waals surface area contributed by atoms with Gasteiger partial charge in [0.25, 0.3) is 0 Å². The second kappa shape index (κ2) is 15.7. The summed E-state index contributed by atoms with van der Waals surface area (Å²) < 4.78 is 38.5. The van der Waals surface area contributed by atoms with Crippen molar-refractivity contribution in [3.63, 3.8) is 0 Å². The zero-order valence-electron chi connectivity index (χ0n) is 31.8. The maximum absolute atomic E-state index is 14.7. The number of nitrogens with zero attached hydrogens (tertiary/aromatic N) is 2. The molecule has 5 nitrogen and oxygen atoms in total. The van der Waals surface area contributed by atoms with Gasteiger partial charge in [-0.15, -0.1) is 0 Å². The maximum atomic E-state index is 14.7. The van der Waals surface area contributed by atoms with Crippen molar-refractivity contribution in [3.8, 4) is 22.3 Å². The number of halogens is 3. The molecule has 0 aliphatic heterocycles. The number of aryl methyl sites for hydroxylation is 1. The van der Waals surface area contributed by atoms with E-state index in [0.29, 0.717) is 39.7 Å². The third-order valence-corrected chi connectivity index (χ3v) is 11.2. The van der Waals surface area contributed by atoms with Crippen molar-refractivity contribution >= 4 is 45.3 Å². The molecule has 0 spiro atoms. The number of rotatable bonds is 10. The van der Waals surface area contributed by atoms with Crippen molar-refractivity contribution in [1.29, 1.82) is 0 Å². The minimum atomic E-state index is -0.746. The predicted molar refractivity (Wildman–Crippen MR) is 223 cm³/mol. The zero-order valence-corrected chi connectivity index (χ0v) is 32.5. The van der Waals surface area contributed by atoms with E-state index < -0.39 is 17.8 Å². The van der Waals surface area contributed by atoms with Gasteiger partial charge < -0.3 is 13.9 Å². The van der Waals surface area contributed by atoms with Gasteiger partial charge in [-0.05, 0) is 114 Å². The van der Waals surface area contributed by atoms with Crippen LogP contribution in [0.25, 0.3) is 44.1 Å². The third kappa shape index (κ3) is 7.63. The molecule has 8 aromatic rings. The Bertz CT molecular complexity index is 2630. The summed E-state index contributed by atoms with van der Waals surface area (Å²) in [5.41, 5.74) is 12.0. The molecule has 0 bridgehead atoms. The lowest BCUT2D eigenvalue weighted by molar-refractivity contribution is -0.160. The Morgan fingerprint density at radius 1 is 0.561 bits per heavy atom. The smallest absolute Gasteiger partial charge is 0.333 e. The molecule has 8 heteroatoms. The minimum Gasteiger partial charge on any atom is -0.390 e. The summed E-state index contributed by atoms with van der Waals surface area (Å²) in [7, 11) is 0. The fraction of sp³-hybridized carbons (Fsp3) is 0.143. The van der Waals surface area contributed by atoms with Crippen molar-refractivity contribution in [2.45, 2.75) is 46.7 Å². The average molecular weight is 777 g/mol. The van der Waals surface area contributed by atoms with Crippen molar-refractivity contribution in [2.24, 2.45) is 0 Å². The topological polar surface area (TPSA) is 53.2 Å². The molecular weight excluding hydrogens is 738 g/mol. The van der Waals surface area contributed by atoms with E-state index in [0.717, 1.165) is 55.9 Å². The van der Waals surface area contributed by atoms with Crippen LogP contribution in [0.15, 0.2) is 133 Å².